The van der Waals surface area contributed by atoms with E-state index in [2.05, 4.69) is 44.8 Å². The molecule has 0 aliphatic carbocycles. The number of nitrogens with zero attached hydrogens (tertiary/aromatic N) is 1. The van der Waals surface area contributed by atoms with E-state index in [0.29, 0.717) is 0 Å². The first-order valence-corrected chi connectivity index (χ1v) is 6.25. The molecule has 0 aromatic carbocycles. The van der Waals surface area contributed by atoms with E-state index in [9.17, 15) is 0 Å². The molecule has 17 heavy (non-hydrogen) atoms. The van der Waals surface area contributed by atoms with Gasteiger partial charge in [-0.3, -0.25) is 5.10 Å². The van der Waals surface area contributed by atoms with Crippen molar-refractivity contribution in [3.05, 3.63) is 11.9 Å². The van der Waals surface area contributed by atoms with Crippen molar-refractivity contribution in [2.45, 2.75) is 58.7 Å². The smallest absolute Gasteiger partial charge is 0.399 e. The summed E-state index contributed by atoms with van der Waals surface area (Å²) in [6.45, 7) is 10.4. The number of nitrogens with one attached hydrogen (secondary N) is 1. The molecule has 2 heterocycles. The predicted octanol–water partition coefficient (Wildman–Crippen LogP) is 1.66. The van der Waals surface area contributed by atoms with Gasteiger partial charge in [-0.1, -0.05) is 13.3 Å². The van der Waals surface area contributed by atoms with Gasteiger partial charge in [0.1, 0.15) is 0 Å². The van der Waals surface area contributed by atoms with Gasteiger partial charge in [-0.25, -0.2) is 0 Å². The van der Waals surface area contributed by atoms with Crippen LogP contribution >= 0.6 is 0 Å². The van der Waals surface area contributed by atoms with Gasteiger partial charge < -0.3 is 9.31 Å². The van der Waals surface area contributed by atoms with Gasteiger partial charge in [0.15, 0.2) is 0 Å². The summed E-state index contributed by atoms with van der Waals surface area (Å²) in [5, 5.41) is 7.12. The maximum Gasteiger partial charge on any atom is 0.498 e. The molecule has 4 nitrogen and oxygen atoms in total. The Morgan fingerprint density at radius 3 is 2.35 bits per heavy atom. The second-order valence-corrected chi connectivity index (χ2v) is 5.64. The Kier molecular flexibility index (Phi) is 3.08. The van der Waals surface area contributed by atoms with E-state index in [0.717, 1.165) is 24.0 Å². The first kappa shape index (κ1) is 12.6. The van der Waals surface area contributed by atoms with Crippen molar-refractivity contribution >= 4 is 12.6 Å². The number of aromatic amines is 1. The fourth-order valence-corrected chi connectivity index (χ4v) is 1.95. The van der Waals surface area contributed by atoms with Crippen LogP contribution in [0.15, 0.2) is 6.20 Å². The number of rotatable bonds is 3. The summed E-state index contributed by atoms with van der Waals surface area (Å²) in [6, 6.07) is 0. The van der Waals surface area contributed by atoms with Gasteiger partial charge in [0, 0.05) is 17.4 Å². The van der Waals surface area contributed by atoms with Crippen LogP contribution in [0.2, 0.25) is 0 Å². The molecule has 1 aromatic heterocycles. The summed E-state index contributed by atoms with van der Waals surface area (Å²) in [7, 11) is -0.305. The average Bonchev–Trinajstić information content (AvgIpc) is 2.71. The summed E-state index contributed by atoms with van der Waals surface area (Å²) in [5.74, 6) is 0. The van der Waals surface area contributed by atoms with Crippen molar-refractivity contribution < 1.29 is 9.31 Å². The van der Waals surface area contributed by atoms with Crippen molar-refractivity contribution in [3.63, 3.8) is 0 Å². The Balaban J connectivity index is 2.23. The van der Waals surface area contributed by atoms with E-state index in [1.807, 2.05) is 6.20 Å². The number of hydrogen-bond acceptors (Lipinski definition) is 3. The summed E-state index contributed by atoms with van der Waals surface area (Å²) >= 11 is 0. The molecular weight excluding hydrogens is 215 g/mol. The van der Waals surface area contributed by atoms with Crippen LogP contribution in [0.3, 0.4) is 0 Å². The van der Waals surface area contributed by atoms with Crippen LogP contribution in [0.25, 0.3) is 0 Å². The highest BCUT2D eigenvalue weighted by atomic mass is 16.7. The van der Waals surface area contributed by atoms with Crippen LogP contribution in [-0.4, -0.2) is 28.5 Å². The molecule has 1 N–H and O–H groups in total. The lowest BCUT2D eigenvalue weighted by atomic mass is 9.78. The Bertz CT molecular complexity index is 385. The highest BCUT2D eigenvalue weighted by Gasteiger charge is 2.52. The van der Waals surface area contributed by atoms with E-state index in [1.54, 1.807) is 0 Å². The van der Waals surface area contributed by atoms with Gasteiger partial charge >= 0.3 is 7.12 Å². The van der Waals surface area contributed by atoms with Gasteiger partial charge in [0.2, 0.25) is 0 Å². The van der Waals surface area contributed by atoms with E-state index < -0.39 is 0 Å². The Labute approximate surface area is 103 Å². The molecule has 1 aliphatic rings. The number of aryl methyl sites for hydroxylation is 1. The van der Waals surface area contributed by atoms with Gasteiger partial charge in [-0.15, -0.1) is 0 Å². The standard InChI is InChI=1S/C12H21BN2O2/c1-6-7-10-9(8-14-15-10)13-16-11(2,3)12(4,5)17-13/h8H,6-7H2,1-5H3,(H,14,15). The lowest BCUT2D eigenvalue weighted by Gasteiger charge is -2.32. The van der Waals surface area contributed by atoms with Crippen molar-refractivity contribution in [3.8, 4) is 0 Å². The molecule has 5 heteroatoms. The van der Waals surface area contributed by atoms with Crippen LogP contribution in [-0.2, 0) is 15.7 Å². The maximum atomic E-state index is 6.01. The van der Waals surface area contributed by atoms with Gasteiger partial charge in [-0.05, 0) is 34.1 Å². The molecule has 0 saturated carbocycles. The van der Waals surface area contributed by atoms with Crippen molar-refractivity contribution in [1.29, 1.82) is 0 Å². The summed E-state index contributed by atoms with van der Waals surface area (Å²) in [6.07, 6.45) is 3.86. The predicted molar refractivity (Wildman–Crippen MR) is 68.3 cm³/mol. The molecule has 0 unspecified atom stereocenters. The van der Waals surface area contributed by atoms with Gasteiger partial charge in [0.05, 0.1) is 11.2 Å². The first-order chi connectivity index (χ1) is 7.87. The molecule has 1 aliphatic heterocycles. The van der Waals surface area contributed by atoms with E-state index in [4.69, 9.17) is 9.31 Å². The van der Waals surface area contributed by atoms with Gasteiger partial charge in [-0.2, -0.15) is 5.10 Å². The highest BCUT2D eigenvalue weighted by molar-refractivity contribution is 6.62. The zero-order valence-corrected chi connectivity index (χ0v) is 11.3. The third-order valence-electron chi connectivity index (χ3n) is 3.76. The highest BCUT2D eigenvalue weighted by Crippen LogP contribution is 2.36. The third-order valence-corrected chi connectivity index (χ3v) is 3.76. The molecule has 0 atom stereocenters. The van der Waals surface area contributed by atoms with E-state index in [1.165, 1.54) is 0 Å². The summed E-state index contributed by atoms with van der Waals surface area (Å²) in [4.78, 5) is 0. The molecule has 1 aromatic rings. The lowest BCUT2D eigenvalue weighted by Crippen LogP contribution is -2.41. The average molecular weight is 236 g/mol. The summed E-state index contributed by atoms with van der Waals surface area (Å²) < 4.78 is 12.0. The quantitative estimate of drug-likeness (QED) is 0.812. The fourth-order valence-electron chi connectivity index (χ4n) is 1.95. The van der Waals surface area contributed by atoms with Crippen LogP contribution in [0.1, 0.15) is 46.7 Å². The fraction of sp³-hybridized carbons (Fsp3) is 0.750. The molecule has 0 radical (unpaired) electrons. The maximum absolute atomic E-state index is 6.01. The van der Waals surface area contributed by atoms with Crippen LogP contribution in [0, 0.1) is 0 Å². The monoisotopic (exact) mass is 236 g/mol. The van der Waals surface area contributed by atoms with E-state index >= 15 is 0 Å². The molecule has 0 spiro atoms. The van der Waals surface area contributed by atoms with Gasteiger partial charge in [0.25, 0.3) is 0 Å². The van der Waals surface area contributed by atoms with Crippen LogP contribution in [0.5, 0.6) is 0 Å². The molecule has 0 bridgehead atoms. The largest absolute Gasteiger partial charge is 0.498 e. The first-order valence-electron chi connectivity index (χ1n) is 6.25. The zero-order chi connectivity index (χ0) is 12.7. The molecule has 0 amide bonds. The Hall–Kier alpha value is -0.805. The van der Waals surface area contributed by atoms with E-state index in [-0.39, 0.29) is 18.3 Å². The van der Waals surface area contributed by atoms with Crippen LogP contribution < -0.4 is 5.46 Å². The normalized spacial score (nSPS) is 22.1. The molecule has 94 valence electrons. The number of aromatic nitrogens is 2. The molecule has 1 fully saturated rings. The Morgan fingerprint density at radius 2 is 1.82 bits per heavy atom. The topological polar surface area (TPSA) is 47.1 Å². The minimum atomic E-state index is -0.305. The minimum absolute atomic E-state index is 0.293. The SMILES string of the molecule is CCCc1[nH]ncc1B1OC(C)(C)C(C)(C)O1. The number of H-pyrrole nitrogens is 1. The third kappa shape index (κ3) is 2.14. The summed E-state index contributed by atoms with van der Waals surface area (Å²) in [5.41, 5.74) is 1.56. The van der Waals surface area contributed by atoms with Crippen molar-refractivity contribution in [2.24, 2.45) is 0 Å². The van der Waals surface area contributed by atoms with Crippen molar-refractivity contribution in [1.82, 2.24) is 10.2 Å². The second kappa shape index (κ2) is 4.14. The van der Waals surface area contributed by atoms with Crippen LogP contribution in [0.4, 0.5) is 0 Å². The molecular formula is C12H21BN2O2. The number of hydrogen-bond donors (Lipinski definition) is 1. The second-order valence-electron chi connectivity index (χ2n) is 5.64. The lowest BCUT2D eigenvalue weighted by molar-refractivity contribution is 0.00578. The molecule has 2 rings (SSSR count). The minimum Gasteiger partial charge on any atom is -0.399 e. The zero-order valence-electron chi connectivity index (χ0n) is 11.3. The Morgan fingerprint density at radius 1 is 1.24 bits per heavy atom. The molecule has 1 saturated heterocycles. The van der Waals surface area contributed by atoms with Crippen molar-refractivity contribution in [2.75, 3.05) is 0 Å².